The Kier molecular flexibility index (Phi) is 4.91. The molecule has 24 heavy (non-hydrogen) atoms. The second kappa shape index (κ2) is 7.46. The van der Waals surface area contributed by atoms with Gasteiger partial charge in [-0.3, -0.25) is 4.79 Å². The summed E-state index contributed by atoms with van der Waals surface area (Å²) in [5.41, 5.74) is 2.95. The van der Waals surface area contributed by atoms with Gasteiger partial charge in [-0.25, -0.2) is 4.98 Å². The molecule has 0 saturated heterocycles. The minimum atomic E-state index is -0.190. The van der Waals surface area contributed by atoms with Crippen molar-refractivity contribution in [3.05, 3.63) is 72.8 Å². The van der Waals surface area contributed by atoms with Gasteiger partial charge in [-0.15, -0.1) is 0 Å². The molecule has 5 heteroatoms. The summed E-state index contributed by atoms with van der Waals surface area (Å²) in [5.74, 6) is 0.503. The summed E-state index contributed by atoms with van der Waals surface area (Å²) >= 11 is 0. The van der Waals surface area contributed by atoms with Crippen molar-refractivity contribution in [3.8, 4) is 11.4 Å². The molecule has 0 aliphatic rings. The molecule has 0 radical (unpaired) electrons. The fourth-order valence-corrected chi connectivity index (χ4v) is 2.30. The molecule has 0 aliphatic heterocycles. The first-order valence-corrected chi connectivity index (χ1v) is 7.84. The van der Waals surface area contributed by atoms with Gasteiger partial charge in [0, 0.05) is 23.8 Å². The highest BCUT2D eigenvalue weighted by Crippen LogP contribution is 2.14. The number of benzene rings is 2. The van der Waals surface area contributed by atoms with E-state index in [0.717, 1.165) is 17.8 Å². The predicted octanol–water partition coefficient (Wildman–Crippen LogP) is 3.45. The van der Waals surface area contributed by atoms with E-state index in [2.05, 4.69) is 17.2 Å². The SMILES string of the molecule is CCc1ccc(OCC(=O)Nc2ccc(-n3ccnc3)cc2)cc1. The van der Waals surface area contributed by atoms with Crippen LogP contribution in [0.15, 0.2) is 67.3 Å². The van der Waals surface area contributed by atoms with Gasteiger partial charge in [-0.05, 0) is 48.4 Å². The van der Waals surface area contributed by atoms with Crippen molar-refractivity contribution >= 4 is 11.6 Å². The number of hydrogen-bond donors (Lipinski definition) is 1. The van der Waals surface area contributed by atoms with Crippen LogP contribution in [0.4, 0.5) is 5.69 Å². The number of anilines is 1. The molecule has 0 saturated carbocycles. The maximum atomic E-state index is 12.0. The van der Waals surface area contributed by atoms with Crippen molar-refractivity contribution in [1.82, 2.24) is 9.55 Å². The molecule has 0 aliphatic carbocycles. The van der Waals surface area contributed by atoms with Crippen LogP contribution >= 0.6 is 0 Å². The number of carbonyl (C=O) groups is 1. The molecule has 3 aromatic rings. The maximum Gasteiger partial charge on any atom is 0.262 e. The summed E-state index contributed by atoms with van der Waals surface area (Å²) in [4.78, 5) is 16.0. The molecule has 0 atom stereocenters. The van der Waals surface area contributed by atoms with Crippen LogP contribution in [-0.2, 0) is 11.2 Å². The smallest absolute Gasteiger partial charge is 0.262 e. The van der Waals surface area contributed by atoms with E-state index in [4.69, 9.17) is 4.74 Å². The third-order valence-corrected chi connectivity index (χ3v) is 3.66. The van der Waals surface area contributed by atoms with Gasteiger partial charge in [0.05, 0.1) is 6.33 Å². The third kappa shape index (κ3) is 4.01. The van der Waals surface area contributed by atoms with Gasteiger partial charge >= 0.3 is 0 Å². The molecule has 5 nitrogen and oxygen atoms in total. The van der Waals surface area contributed by atoms with Gasteiger partial charge in [0.25, 0.3) is 5.91 Å². The van der Waals surface area contributed by atoms with Crippen LogP contribution in [0.5, 0.6) is 5.75 Å². The molecule has 1 heterocycles. The molecule has 122 valence electrons. The molecule has 0 bridgehead atoms. The van der Waals surface area contributed by atoms with E-state index in [1.54, 1.807) is 12.5 Å². The van der Waals surface area contributed by atoms with E-state index in [0.29, 0.717) is 5.75 Å². The van der Waals surface area contributed by atoms with Crippen LogP contribution in [-0.4, -0.2) is 22.1 Å². The number of nitrogens with one attached hydrogen (secondary N) is 1. The second-order valence-corrected chi connectivity index (χ2v) is 5.35. The van der Waals surface area contributed by atoms with Gasteiger partial charge in [0.15, 0.2) is 6.61 Å². The molecular formula is C19H19N3O2. The summed E-state index contributed by atoms with van der Waals surface area (Å²) < 4.78 is 7.40. The highest BCUT2D eigenvalue weighted by molar-refractivity contribution is 5.91. The normalized spacial score (nSPS) is 10.4. The summed E-state index contributed by atoms with van der Waals surface area (Å²) in [6.45, 7) is 2.08. The molecule has 1 aromatic heterocycles. The molecule has 3 rings (SSSR count). The minimum Gasteiger partial charge on any atom is -0.484 e. The van der Waals surface area contributed by atoms with Crippen molar-refractivity contribution in [2.45, 2.75) is 13.3 Å². The summed E-state index contributed by atoms with van der Waals surface area (Å²) in [7, 11) is 0. The lowest BCUT2D eigenvalue weighted by molar-refractivity contribution is -0.118. The van der Waals surface area contributed by atoms with Gasteiger partial charge in [-0.1, -0.05) is 19.1 Å². The van der Waals surface area contributed by atoms with Crippen molar-refractivity contribution in [2.24, 2.45) is 0 Å². The van der Waals surface area contributed by atoms with E-state index in [1.165, 1.54) is 5.56 Å². The highest BCUT2D eigenvalue weighted by atomic mass is 16.5. The Balaban J connectivity index is 1.52. The number of hydrogen-bond acceptors (Lipinski definition) is 3. The van der Waals surface area contributed by atoms with Crippen molar-refractivity contribution < 1.29 is 9.53 Å². The lowest BCUT2D eigenvalue weighted by Gasteiger charge is -2.09. The molecule has 1 N–H and O–H groups in total. The summed E-state index contributed by atoms with van der Waals surface area (Å²) in [6, 6.07) is 15.3. The van der Waals surface area contributed by atoms with E-state index in [-0.39, 0.29) is 12.5 Å². The molecule has 0 spiro atoms. The Morgan fingerprint density at radius 1 is 1.12 bits per heavy atom. The predicted molar refractivity (Wildman–Crippen MR) is 93.5 cm³/mol. The zero-order valence-electron chi connectivity index (χ0n) is 13.5. The minimum absolute atomic E-state index is 0.0191. The Morgan fingerprint density at radius 3 is 2.50 bits per heavy atom. The lowest BCUT2D eigenvalue weighted by Crippen LogP contribution is -2.20. The highest BCUT2D eigenvalue weighted by Gasteiger charge is 2.04. The maximum absolute atomic E-state index is 12.0. The van der Waals surface area contributed by atoms with Gasteiger partial charge in [-0.2, -0.15) is 0 Å². The number of rotatable bonds is 6. The second-order valence-electron chi connectivity index (χ2n) is 5.35. The largest absolute Gasteiger partial charge is 0.484 e. The molecular weight excluding hydrogens is 302 g/mol. The topological polar surface area (TPSA) is 56.1 Å². The first kappa shape index (κ1) is 15.8. The number of aryl methyl sites for hydroxylation is 1. The van der Waals surface area contributed by atoms with Crippen LogP contribution < -0.4 is 10.1 Å². The van der Waals surface area contributed by atoms with E-state index in [1.807, 2.05) is 59.3 Å². The van der Waals surface area contributed by atoms with Gasteiger partial charge < -0.3 is 14.6 Å². The van der Waals surface area contributed by atoms with E-state index in [9.17, 15) is 4.79 Å². The van der Waals surface area contributed by atoms with Gasteiger partial charge in [0.2, 0.25) is 0 Å². The van der Waals surface area contributed by atoms with Crippen molar-refractivity contribution in [1.29, 1.82) is 0 Å². The van der Waals surface area contributed by atoms with Crippen LogP contribution in [0.2, 0.25) is 0 Å². The van der Waals surface area contributed by atoms with E-state index >= 15 is 0 Å². The fourth-order valence-electron chi connectivity index (χ4n) is 2.30. The number of nitrogens with zero attached hydrogens (tertiary/aromatic N) is 2. The van der Waals surface area contributed by atoms with Crippen LogP contribution in [0, 0.1) is 0 Å². The summed E-state index contributed by atoms with van der Waals surface area (Å²) in [6.07, 6.45) is 6.30. The van der Waals surface area contributed by atoms with Crippen molar-refractivity contribution in [3.63, 3.8) is 0 Å². The number of amides is 1. The van der Waals surface area contributed by atoms with Crippen molar-refractivity contribution in [2.75, 3.05) is 11.9 Å². The Labute approximate surface area is 140 Å². The average molecular weight is 321 g/mol. The Hall–Kier alpha value is -3.08. The lowest BCUT2D eigenvalue weighted by atomic mass is 10.2. The zero-order chi connectivity index (χ0) is 16.8. The van der Waals surface area contributed by atoms with Crippen LogP contribution in [0.25, 0.3) is 5.69 Å². The molecule has 0 unspecified atom stereocenters. The standard InChI is InChI=1S/C19H19N3O2/c1-2-15-3-9-18(10-4-15)24-13-19(23)21-16-5-7-17(8-6-16)22-12-11-20-14-22/h3-12,14H,2,13H2,1H3,(H,21,23). The van der Waals surface area contributed by atoms with E-state index < -0.39 is 0 Å². The number of carbonyl (C=O) groups excluding carboxylic acids is 1. The zero-order valence-corrected chi connectivity index (χ0v) is 13.5. The molecule has 0 fully saturated rings. The molecule has 1 amide bonds. The first-order chi connectivity index (χ1) is 11.7. The fraction of sp³-hybridized carbons (Fsp3) is 0.158. The van der Waals surface area contributed by atoms with Crippen LogP contribution in [0.3, 0.4) is 0 Å². The molecule has 2 aromatic carbocycles. The third-order valence-electron chi connectivity index (χ3n) is 3.66. The Bertz CT molecular complexity index is 778. The van der Waals surface area contributed by atoms with Crippen LogP contribution in [0.1, 0.15) is 12.5 Å². The number of aromatic nitrogens is 2. The first-order valence-electron chi connectivity index (χ1n) is 7.84. The average Bonchev–Trinajstić information content (AvgIpc) is 3.16. The summed E-state index contributed by atoms with van der Waals surface area (Å²) in [5, 5.41) is 2.82. The Morgan fingerprint density at radius 2 is 1.88 bits per heavy atom. The monoisotopic (exact) mass is 321 g/mol. The number of ether oxygens (including phenoxy) is 1. The quantitative estimate of drug-likeness (QED) is 0.756. The number of imidazole rings is 1. The van der Waals surface area contributed by atoms with Gasteiger partial charge in [0.1, 0.15) is 5.75 Å².